The predicted octanol–water partition coefficient (Wildman–Crippen LogP) is 2.13. The Bertz CT molecular complexity index is 278. The molecule has 66 valence electrons. The molecule has 0 aliphatic heterocycles. The topological polar surface area (TPSA) is 38.9 Å². The molecule has 2 nitrogen and oxygen atoms in total. The Kier molecular flexibility index (Phi) is 2.94. The molecule has 0 aliphatic rings. The SMILES string of the molecule is NCc1cc(Cl)cnc1C(F)F. The normalized spacial score (nSPS) is 10.8. The summed E-state index contributed by atoms with van der Waals surface area (Å²) in [6, 6.07) is 1.40. The smallest absolute Gasteiger partial charge is 0.280 e. The van der Waals surface area contributed by atoms with Crippen molar-refractivity contribution in [3.05, 3.63) is 28.5 Å². The number of hydrogen-bond acceptors (Lipinski definition) is 2. The minimum absolute atomic E-state index is 0.0211. The van der Waals surface area contributed by atoms with Gasteiger partial charge in [0.1, 0.15) is 5.69 Å². The molecule has 1 rings (SSSR count). The average Bonchev–Trinajstić information content (AvgIpc) is 2.03. The van der Waals surface area contributed by atoms with Crippen LogP contribution in [0.1, 0.15) is 17.7 Å². The maximum Gasteiger partial charge on any atom is 0.280 e. The van der Waals surface area contributed by atoms with Crippen molar-refractivity contribution in [3.63, 3.8) is 0 Å². The number of halogens is 3. The van der Waals surface area contributed by atoms with E-state index in [4.69, 9.17) is 17.3 Å². The molecule has 0 aliphatic carbocycles. The first-order valence-corrected chi connectivity index (χ1v) is 3.65. The van der Waals surface area contributed by atoms with Crippen LogP contribution in [0.25, 0.3) is 0 Å². The van der Waals surface area contributed by atoms with Gasteiger partial charge in [0.25, 0.3) is 6.43 Å². The summed E-state index contributed by atoms with van der Waals surface area (Å²) in [6.07, 6.45) is -1.41. The lowest BCUT2D eigenvalue weighted by atomic mass is 10.2. The molecule has 1 heterocycles. The fraction of sp³-hybridized carbons (Fsp3) is 0.286. The summed E-state index contributed by atoms with van der Waals surface area (Å²) in [7, 11) is 0. The lowest BCUT2D eigenvalue weighted by molar-refractivity contribution is 0.145. The van der Waals surface area contributed by atoms with Crippen molar-refractivity contribution < 1.29 is 8.78 Å². The molecule has 0 saturated carbocycles. The first kappa shape index (κ1) is 9.35. The van der Waals surface area contributed by atoms with Crippen molar-refractivity contribution in [1.82, 2.24) is 4.98 Å². The molecule has 0 bridgehead atoms. The van der Waals surface area contributed by atoms with Gasteiger partial charge < -0.3 is 5.73 Å². The summed E-state index contributed by atoms with van der Waals surface area (Å²) in [4.78, 5) is 3.49. The summed E-state index contributed by atoms with van der Waals surface area (Å²) >= 11 is 5.54. The van der Waals surface area contributed by atoms with Gasteiger partial charge in [0, 0.05) is 12.7 Å². The summed E-state index contributed by atoms with van der Waals surface area (Å²) in [5.41, 5.74) is 5.22. The van der Waals surface area contributed by atoms with Gasteiger partial charge in [0.2, 0.25) is 0 Å². The Morgan fingerprint density at radius 1 is 1.58 bits per heavy atom. The lowest BCUT2D eigenvalue weighted by Gasteiger charge is -2.04. The van der Waals surface area contributed by atoms with Crippen molar-refractivity contribution in [1.29, 1.82) is 0 Å². The highest BCUT2D eigenvalue weighted by molar-refractivity contribution is 6.30. The fourth-order valence-corrected chi connectivity index (χ4v) is 1.03. The second kappa shape index (κ2) is 3.78. The van der Waals surface area contributed by atoms with Crippen molar-refractivity contribution >= 4 is 11.6 Å². The second-order valence-corrected chi connectivity index (χ2v) is 2.64. The predicted molar refractivity (Wildman–Crippen MR) is 42.1 cm³/mol. The van der Waals surface area contributed by atoms with E-state index in [1.54, 1.807) is 0 Å². The third-order valence-electron chi connectivity index (χ3n) is 1.39. The van der Waals surface area contributed by atoms with Gasteiger partial charge in [-0.05, 0) is 11.6 Å². The van der Waals surface area contributed by atoms with Gasteiger partial charge in [0.05, 0.1) is 5.02 Å². The summed E-state index contributed by atoms with van der Waals surface area (Å²) < 4.78 is 24.4. The number of pyridine rings is 1. The van der Waals surface area contributed by atoms with Crippen LogP contribution < -0.4 is 5.73 Å². The van der Waals surface area contributed by atoms with Crippen molar-refractivity contribution in [2.45, 2.75) is 13.0 Å². The van der Waals surface area contributed by atoms with Crippen molar-refractivity contribution in [2.24, 2.45) is 5.73 Å². The molecule has 0 unspecified atom stereocenters. The van der Waals surface area contributed by atoms with Crippen molar-refractivity contribution in [3.8, 4) is 0 Å². The standard InChI is InChI=1S/C7H7ClF2N2/c8-5-1-4(2-11)6(7(9)10)12-3-5/h1,3,7H,2,11H2. The molecule has 0 atom stereocenters. The van der Waals surface area contributed by atoms with Crippen molar-refractivity contribution in [2.75, 3.05) is 0 Å². The molecule has 5 heteroatoms. The van der Waals surface area contributed by atoms with Gasteiger partial charge in [-0.3, -0.25) is 4.98 Å². The van der Waals surface area contributed by atoms with Gasteiger partial charge in [-0.15, -0.1) is 0 Å². The Hall–Kier alpha value is -0.740. The zero-order valence-corrected chi connectivity index (χ0v) is 6.85. The van der Waals surface area contributed by atoms with Gasteiger partial charge >= 0.3 is 0 Å². The largest absolute Gasteiger partial charge is 0.326 e. The molecule has 12 heavy (non-hydrogen) atoms. The molecule has 0 aromatic carbocycles. The Balaban J connectivity index is 3.11. The number of rotatable bonds is 2. The number of alkyl halides is 2. The highest BCUT2D eigenvalue weighted by atomic mass is 35.5. The Labute approximate surface area is 73.4 Å². The van der Waals surface area contributed by atoms with Gasteiger partial charge in [-0.1, -0.05) is 11.6 Å². The van der Waals surface area contributed by atoms with E-state index in [9.17, 15) is 8.78 Å². The molecule has 2 N–H and O–H groups in total. The maximum absolute atomic E-state index is 12.2. The molecule has 0 radical (unpaired) electrons. The van der Waals surface area contributed by atoms with Crippen LogP contribution in [0.5, 0.6) is 0 Å². The molecular weight excluding hydrogens is 186 g/mol. The van der Waals surface area contributed by atoms with Crippen LogP contribution >= 0.6 is 11.6 Å². The number of nitrogens with two attached hydrogens (primary N) is 1. The summed E-state index contributed by atoms with van der Waals surface area (Å²) in [5.74, 6) is 0. The van der Waals surface area contributed by atoms with Crippen LogP contribution in [0.2, 0.25) is 5.02 Å². The van der Waals surface area contributed by atoms with E-state index in [0.717, 1.165) is 0 Å². The first-order chi connectivity index (χ1) is 5.65. The van der Waals surface area contributed by atoms with Crippen LogP contribution in [0.4, 0.5) is 8.78 Å². The lowest BCUT2D eigenvalue weighted by Crippen LogP contribution is -2.04. The summed E-state index contributed by atoms with van der Waals surface area (Å²) in [5, 5.41) is 0.319. The molecule has 1 aromatic rings. The third kappa shape index (κ3) is 1.89. The number of aromatic nitrogens is 1. The molecule has 0 fully saturated rings. The van der Waals surface area contributed by atoms with E-state index in [1.807, 2.05) is 0 Å². The average molecular weight is 193 g/mol. The minimum atomic E-state index is -2.60. The zero-order valence-electron chi connectivity index (χ0n) is 6.10. The van der Waals surface area contributed by atoms with Crippen LogP contribution in [0.3, 0.4) is 0 Å². The van der Waals surface area contributed by atoms with Crippen LogP contribution in [0.15, 0.2) is 12.3 Å². The highest BCUT2D eigenvalue weighted by Gasteiger charge is 2.13. The second-order valence-electron chi connectivity index (χ2n) is 2.20. The van der Waals surface area contributed by atoms with Gasteiger partial charge in [0.15, 0.2) is 0 Å². The Morgan fingerprint density at radius 2 is 2.25 bits per heavy atom. The van der Waals surface area contributed by atoms with Gasteiger partial charge in [-0.25, -0.2) is 8.78 Å². The molecule has 0 amide bonds. The summed E-state index contributed by atoms with van der Waals surface area (Å²) in [6.45, 7) is 0.0211. The molecular formula is C7H7ClF2N2. The molecule has 1 aromatic heterocycles. The van der Waals surface area contributed by atoms with E-state index >= 15 is 0 Å². The number of hydrogen-bond donors (Lipinski definition) is 1. The zero-order chi connectivity index (χ0) is 9.14. The van der Waals surface area contributed by atoms with E-state index in [1.165, 1.54) is 12.3 Å². The van der Waals surface area contributed by atoms with E-state index in [-0.39, 0.29) is 17.8 Å². The fourth-order valence-electron chi connectivity index (χ4n) is 0.852. The van der Waals surface area contributed by atoms with Crippen LogP contribution in [0, 0.1) is 0 Å². The van der Waals surface area contributed by atoms with Crippen LogP contribution in [-0.4, -0.2) is 4.98 Å². The number of nitrogens with zero attached hydrogens (tertiary/aromatic N) is 1. The van der Waals surface area contributed by atoms with E-state index in [2.05, 4.69) is 4.98 Å². The van der Waals surface area contributed by atoms with E-state index < -0.39 is 6.43 Å². The first-order valence-electron chi connectivity index (χ1n) is 3.27. The molecule has 0 spiro atoms. The highest BCUT2D eigenvalue weighted by Crippen LogP contribution is 2.22. The monoisotopic (exact) mass is 192 g/mol. The van der Waals surface area contributed by atoms with Crippen LogP contribution in [-0.2, 0) is 6.54 Å². The van der Waals surface area contributed by atoms with Gasteiger partial charge in [-0.2, -0.15) is 0 Å². The molecule has 0 saturated heterocycles. The van der Waals surface area contributed by atoms with E-state index in [0.29, 0.717) is 5.02 Å². The third-order valence-corrected chi connectivity index (χ3v) is 1.60. The minimum Gasteiger partial charge on any atom is -0.326 e. The Morgan fingerprint density at radius 3 is 2.75 bits per heavy atom. The maximum atomic E-state index is 12.2. The quantitative estimate of drug-likeness (QED) is 0.780.